The van der Waals surface area contributed by atoms with E-state index in [-0.39, 0.29) is 5.91 Å². The molecule has 0 aliphatic carbocycles. The van der Waals surface area contributed by atoms with Crippen molar-refractivity contribution in [3.8, 4) is 0 Å². The molecule has 0 saturated carbocycles. The molecule has 0 aliphatic rings. The first kappa shape index (κ1) is 12.7. The molecule has 90 valence electrons. The molecule has 5 nitrogen and oxygen atoms in total. The maximum Gasteiger partial charge on any atom is 0.221 e. The van der Waals surface area contributed by atoms with Gasteiger partial charge in [-0.1, -0.05) is 6.92 Å². The molecule has 0 radical (unpaired) electrons. The van der Waals surface area contributed by atoms with Crippen LogP contribution in [-0.4, -0.2) is 35.1 Å². The molecular formula is C11H20N4O. The lowest BCUT2D eigenvalue weighted by molar-refractivity contribution is -0.120. The molecule has 0 fully saturated rings. The standard InChI is InChI=1S/C11H20N4O/c1-3-12-6-5-11(16)14-7-4-10-13-8-9-15(10)2/h8-9,12H,3-7H2,1-2H3,(H,14,16). The van der Waals surface area contributed by atoms with Crippen LogP contribution in [0.4, 0.5) is 0 Å². The van der Waals surface area contributed by atoms with Crippen molar-refractivity contribution in [2.75, 3.05) is 19.6 Å². The van der Waals surface area contributed by atoms with E-state index in [0.29, 0.717) is 13.0 Å². The van der Waals surface area contributed by atoms with Gasteiger partial charge in [-0.25, -0.2) is 4.98 Å². The van der Waals surface area contributed by atoms with Crippen LogP contribution in [0.1, 0.15) is 19.2 Å². The third-order valence-corrected chi connectivity index (χ3v) is 2.37. The average Bonchev–Trinajstić information content (AvgIpc) is 2.65. The number of aryl methyl sites for hydroxylation is 1. The number of carbonyl (C=O) groups is 1. The minimum atomic E-state index is 0.0927. The summed E-state index contributed by atoms with van der Waals surface area (Å²) in [5.41, 5.74) is 0. The minimum absolute atomic E-state index is 0.0927. The molecule has 0 spiro atoms. The van der Waals surface area contributed by atoms with Gasteiger partial charge in [0, 0.05) is 45.4 Å². The topological polar surface area (TPSA) is 59.0 Å². The lowest BCUT2D eigenvalue weighted by Crippen LogP contribution is -2.29. The van der Waals surface area contributed by atoms with Crippen LogP contribution in [0, 0.1) is 0 Å². The zero-order chi connectivity index (χ0) is 11.8. The summed E-state index contributed by atoms with van der Waals surface area (Å²) < 4.78 is 1.96. The van der Waals surface area contributed by atoms with Crippen molar-refractivity contribution in [2.24, 2.45) is 7.05 Å². The van der Waals surface area contributed by atoms with Gasteiger partial charge in [0.2, 0.25) is 5.91 Å². The zero-order valence-corrected chi connectivity index (χ0v) is 9.99. The zero-order valence-electron chi connectivity index (χ0n) is 9.99. The van der Waals surface area contributed by atoms with Gasteiger partial charge >= 0.3 is 0 Å². The molecule has 1 heterocycles. The summed E-state index contributed by atoms with van der Waals surface area (Å²) >= 11 is 0. The van der Waals surface area contributed by atoms with E-state index in [1.807, 2.05) is 24.7 Å². The van der Waals surface area contributed by atoms with E-state index in [1.165, 1.54) is 0 Å². The summed E-state index contributed by atoms with van der Waals surface area (Å²) in [4.78, 5) is 15.5. The van der Waals surface area contributed by atoms with E-state index in [4.69, 9.17) is 0 Å². The summed E-state index contributed by atoms with van der Waals surface area (Å²) in [6.45, 7) is 4.32. The molecule has 16 heavy (non-hydrogen) atoms. The van der Waals surface area contributed by atoms with Crippen molar-refractivity contribution < 1.29 is 4.79 Å². The molecule has 0 bridgehead atoms. The van der Waals surface area contributed by atoms with E-state index in [9.17, 15) is 4.79 Å². The van der Waals surface area contributed by atoms with Crippen LogP contribution < -0.4 is 10.6 Å². The molecule has 1 aromatic rings. The van der Waals surface area contributed by atoms with Gasteiger partial charge in [0.1, 0.15) is 5.82 Å². The van der Waals surface area contributed by atoms with Gasteiger partial charge in [0.25, 0.3) is 0 Å². The summed E-state index contributed by atoms with van der Waals surface area (Å²) in [6, 6.07) is 0. The molecule has 0 unspecified atom stereocenters. The largest absolute Gasteiger partial charge is 0.356 e. The summed E-state index contributed by atoms with van der Waals surface area (Å²) in [6.07, 6.45) is 4.98. The Morgan fingerprint density at radius 2 is 2.31 bits per heavy atom. The molecule has 1 aromatic heterocycles. The Morgan fingerprint density at radius 1 is 1.50 bits per heavy atom. The Hall–Kier alpha value is -1.36. The van der Waals surface area contributed by atoms with Crippen molar-refractivity contribution in [3.05, 3.63) is 18.2 Å². The second kappa shape index (κ2) is 7.00. The molecule has 1 rings (SSSR count). The molecule has 0 saturated heterocycles. The lowest BCUT2D eigenvalue weighted by atomic mass is 10.3. The Balaban J connectivity index is 2.11. The normalized spacial score (nSPS) is 10.4. The summed E-state index contributed by atoms with van der Waals surface area (Å²) in [7, 11) is 1.95. The van der Waals surface area contributed by atoms with Crippen LogP contribution in [0.2, 0.25) is 0 Å². The lowest BCUT2D eigenvalue weighted by Gasteiger charge is -2.05. The van der Waals surface area contributed by atoms with Gasteiger partial charge < -0.3 is 15.2 Å². The maximum atomic E-state index is 11.4. The highest BCUT2D eigenvalue weighted by atomic mass is 16.1. The Bertz CT molecular complexity index is 322. The Morgan fingerprint density at radius 3 is 2.94 bits per heavy atom. The van der Waals surface area contributed by atoms with Gasteiger partial charge in [-0.15, -0.1) is 0 Å². The molecule has 1 amide bonds. The Kier molecular flexibility index (Phi) is 5.56. The molecule has 5 heteroatoms. The second-order valence-corrected chi connectivity index (χ2v) is 3.66. The van der Waals surface area contributed by atoms with Crippen molar-refractivity contribution in [1.82, 2.24) is 20.2 Å². The number of hydrogen-bond donors (Lipinski definition) is 2. The van der Waals surface area contributed by atoms with Crippen molar-refractivity contribution in [3.63, 3.8) is 0 Å². The minimum Gasteiger partial charge on any atom is -0.356 e. The van der Waals surface area contributed by atoms with E-state index >= 15 is 0 Å². The third-order valence-electron chi connectivity index (χ3n) is 2.37. The van der Waals surface area contributed by atoms with E-state index in [2.05, 4.69) is 15.6 Å². The third kappa shape index (κ3) is 4.44. The van der Waals surface area contributed by atoms with Crippen LogP contribution >= 0.6 is 0 Å². The molecule has 0 aliphatic heterocycles. The first-order valence-corrected chi connectivity index (χ1v) is 5.67. The number of carbonyl (C=O) groups excluding carboxylic acids is 1. The van der Waals surface area contributed by atoms with Gasteiger partial charge in [0.15, 0.2) is 0 Å². The van der Waals surface area contributed by atoms with Gasteiger partial charge in [-0.2, -0.15) is 0 Å². The highest BCUT2D eigenvalue weighted by molar-refractivity contribution is 5.76. The molecular weight excluding hydrogens is 204 g/mol. The summed E-state index contributed by atoms with van der Waals surface area (Å²) in [5, 5.41) is 5.99. The fourth-order valence-electron chi connectivity index (χ4n) is 1.42. The number of rotatable bonds is 7. The van der Waals surface area contributed by atoms with Crippen molar-refractivity contribution >= 4 is 5.91 Å². The first-order chi connectivity index (χ1) is 7.74. The van der Waals surface area contributed by atoms with Gasteiger partial charge in [0.05, 0.1) is 0 Å². The van der Waals surface area contributed by atoms with Crippen molar-refractivity contribution in [1.29, 1.82) is 0 Å². The monoisotopic (exact) mass is 224 g/mol. The highest BCUT2D eigenvalue weighted by Gasteiger charge is 2.02. The van der Waals surface area contributed by atoms with Crippen LogP contribution in [0.15, 0.2) is 12.4 Å². The quantitative estimate of drug-likeness (QED) is 0.645. The fraction of sp³-hybridized carbons (Fsp3) is 0.636. The average molecular weight is 224 g/mol. The van der Waals surface area contributed by atoms with Crippen LogP contribution in [0.5, 0.6) is 0 Å². The number of nitrogens with one attached hydrogen (secondary N) is 2. The van der Waals surface area contributed by atoms with E-state index < -0.39 is 0 Å². The Labute approximate surface area is 96.3 Å². The van der Waals surface area contributed by atoms with Crippen LogP contribution in [0.3, 0.4) is 0 Å². The first-order valence-electron chi connectivity index (χ1n) is 5.67. The van der Waals surface area contributed by atoms with Gasteiger partial charge in [-0.05, 0) is 6.54 Å². The van der Waals surface area contributed by atoms with E-state index in [1.54, 1.807) is 6.20 Å². The number of hydrogen-bond acceptors (Lipinski definition) is 3. The predicted octanol–water partition coefficient (Wildman–Crippen LogP) is 0.0784. The van der Waals surface area contributed by atoms with Crippen LogP contribution in [-0.2, 0) is 18.3 Å². The molecule has 2 N–H and O–H groups in total. The maximum absolute atomic E-state index is 11.4. The highest BCUT2D eigenvalue weighted by Crippen LogP contribution is 1.93. The SMILES string of the molecule is CCNCCC(=O)NCCc1nccn1C. The fourth-order valence-corrected chi connectivity index (χ4v) is 1.42. The van der Waals surface area contributed by atoms with Crippen LogP contribution in [0.25, 0.3) is 0 Å². The number of nitrogens with zero attached hydrogens (tertiary/aromatic N) is 2. The molecule has 0 aromatic carbocycles. The smallest absolute Gasteiger partial charge is 0.221 e. The number of aromatic nitrogens is 2. The molecule has 0 atom stereocenters. The van der Waals surface area contributed by atoms with E-state index in [0.717, 1.165) is 25.3 Å². The summed E-state index contributed by atoms with van der Waals surface area (Å²) in [5.74, 6) is 1.09. The van der Waals surface area contributed by atoms with Crippen molar-refractivity contribution in [2.45, 2.75) is 19.8 Å². The predicted molar refractivity (Wildman–Crippen MR) is 63.1 cm³/mol. The van der Waals surface area contributed by atoms with Gasteiger partial charge in [-0.3, -0.25) is 4.79 Å². The second-order valence-electron chi connectivity index (χ2n) is 3.66. The number of amides is 1. The number of imidazole rings is 1.